The maximum Gasteiger partial charge on any atom is 2.00 e. The van der Waals surface area contributed by atoms with Gasteiger partial charge in [-0.3, -0.25) is 21.3 Å². The predicted octanol–water partition coefficient (Wildman–Crippen LogP) is 9.69. The van der Waals surface area contributed by atoms with Crippen LogP contribution in [0.2, 0.25) is 0 Å². The third-order valence-corrected chi connectivity index (χ3v) is 9.28. The molecule has 2 aromatic carbocycles. The molecule has 0 unspecified atom stereocenters. The Hall–Kier alpha value is -2.35. The van der Waals surface area contributed by atoms with Crippen LogP contribution < -0.4 is 0 Å². The molecule has 40 heavy (non-hydrogen) atoms. The summed E-state index contributed by atoms with van der Waals surface area (Å²) in [5.74, 6) is 0. The second kappa shape index (κ2) is 10.5. The van der Waals surface area contributed by atoms with E-state index in [4.69, 9.17) is 9.97 Å². The van der Waals surface area contributed by atoms with Gasteiger partial charge in [-0.05, 0) is 46.2 Å². The van der Waals surface area contributed by atoms with Crippen LogP contribution in [0.3, 0.4) is 0 Å². The Labute approximate surface area is 258 Å². The summed E-state index contributed by atoms with van der Waals surface area (Å²) in [5.41, 5.74) is 6.61. The van der Waals surface area contributed by atoms with Gasteiger partial charge < -0.3 is 0 Å². The molecule has 0 aliphatic rings. The Morgan fingerprint density at radius 1 is 0.550 bits per heavy atom. The number of fused-ring (bicyclic) bond motifs is 3. The maximum atomic E-state index is 4.80. The van der Waals surface area contributed by atoms with Gasteiger partial charge in [0.25, 0.3) is 0 Å². The van der Waals surface area contributed by atoms with Gasteiger partial charge in [0.15, 0.2) is 0 Å². The SMILES string of the molecule is CC(C)(C)c1ccnc(C(C)(C)c2[c-]c3c(cc2)sc2ccc(C(C)(C)c4cc(C(C)(C)C)ccn4)[c-]c23)c1.[Pt+2]. The van der Waals surface area contributed by atoms with Crippen LogP contribution in [0.15, 0.2) is 60.9 Å². The Kier molecular flexibility index (Phi) is 8.02. The van der Waals surface area contributed by atoms with E-state index in [2.05, 4.69) is 130 Å². The van der Waals surface area contributed by atoms with Crippen LogP contribution in [0.4, 0.5) is 0 Å². The van der Waals surface area contributed by atoms with Crippen LogP contribution in [0, 0.1) is 12.1 Å². The predicted molar refractivity (Wildman–Crippen MR) is 167 cm³/mol. The van der Waals surface area contributed by atoms with Crippen LogP contribution in [-0.2, 0) is 42.7 Å². The second-order valence-corrected chi connectivity index (χ2v) is 15.0. The Balaban J connectivity index is 0.00000370. The zero-order chi connectivity index (χ0) is 28.4. The zero-order valence-electron chi connectivity index (χ0n) is 25.4. The summed E-state index contributed by atoms with van der Waals surface area (Å²) in [6.45, 7) is 22.5. The third kappa shape index (κ3) is 5.57. The summed E-state index contributed by atoms with van der Waals surface area (Å²) in [6, 6.07) is 25.3. The first-order chi connectivity index (χ1) is 18.1. The molecule has 5 rings (SSSR count). The molecule has 0 spiro atoms. The van der Waals surface area contributed by atoms with Gasteiger partial charge in [-0.2, -0.15) is 12.1 Å². The number of aromatic nitrogens is 2. The van der Waals surface area contributed by atoms with E-state index in [9.17, 15) is 0 Å². The molecule has 3 aromatic heterocycles. The van der Waals surface area contributed by atoms with Crippen molar-refractivity contribution in [1.29, 1.82) is 0 Å². The molecule has 0 bridgehead atoms. The van der Waals surface area contributed by atoms with Gasteiger partial charge in [-0.25, -0.2) is 10.8 Å². The van der Waals surface area contributed by atoms with Crippen molar-refractivity contribution in [2.24, 2.45) is 0 Å². The number of thiophene rings is 1. The molecule has 0 radical (unpaired) electrons. The van der Waals surface area contributed by atoms with Crippen LogP contribution >= 0.6 is 11.3 Å². The van der Waals surface area contributed by atoms with Crippen molar-refractivity contribution in [3.05, 3.63) is 107 Å². The maximum absolute atomic E-state index is 4.80. The largest absolute Gasteiger partial charge is 2.00 e. The molecule has 0 saturated carbocycles. The van der Waals surface area contributed by atoms with E-state index >= 15 is 0 Å². The van der Waals surface area contributed by atoms with E-state index in [1.807, 2.05) is 23.7 Å². The molecular formula is C36H40N2PtS. The summed E-state index contributed by atoms with van der Waals surface area (Å²) in [7, 11) is 0. The first-order valence-electron chi connectivity index (χ1n) is 13.8. The van der Waals surface area contributed by atoms with Crippen molar-refractivity contribution >= 4 is 31.5 Å². The molecule has 0 aliphatic carbocycles. The van der Waals surface area contributed by atoms with Gasteiger partial charge >= 0.3 is 21.1 Å². The Morgan fingerprint density at radius 3 is 1.27 bits per heavy atom. The molecule has 2 nitrogen and oxygen atoms in total. The number of rotatable bonds is 4. The van der Waals surface area contributed by atoms with Crippen molar-refractivity contribution in [3.63, 3.8) is 0 Å². The first-order valence-corrected chi connectivity index (χ1v) is 14.7. The van der Waals surface area contributed by atoms with Gasteiger partial charge in [0.2, 0.25) is 0 Å². The standard InChI is InChI=1S/C36H40N2S.Pt/c1-33(2,3)23-15-17-37-31(21-23)35(7,8)25-11-13-29-27(19-25)28-20-26(12-14-30(28)39-29)36(9,10)32-22-24(16-18-38-32)34(4,5)6;/h11-18,21-22H,1-10H3;/q-2;+2. The summed E-state index contributed by atoms with van der Waals surface area (Å²) in [5, 5.41) is 2.28. The van der Waals surface area contributed by atoms with Gasteiger partial charge in [0, 0.05) is 34.6 Å². The smallest absolute Gasteiger partial charge is 0.261 e. The molecule has 0 amide bonds. The van der Waals surface area contributed by atoms with Crippen molar-refractivity contribution in [3.8, 4) is 0 Å². The van der Waals surface area contributed by atoms with Gasteiger partial charge in [0.05, 0.1) is 0 Å². The number of pyridine rings is 2. The Morgan fingerprint density at radius 2 is 0.925 bits per heavy atom. The summed E-state index contributed by atoms with van der Waals surface area (Å²) in [6.07, 6.45) is 3.89. The quantitative estimate of drug-likeness (QED) is 0.173. The third-order valence-electron chi connectivity index (χ3n) is 8.16. The average Bonchev–Trinajstić information content (AvgIpc) is 3.25. The minimum absolute atomic E-state index is 0. The zero-order valence-corrected chi connectivity index (χ0v) is 28.5. The molecule has 210 valence electrons. The van der Waals surface area contributed by atoms with E-state index in [0.717, 1.165) is 33.3 Å². The molecule has 0 atom stereocenters. The van der Waals surface area contributed by atoms with Crippen molar-refractivity contribution in [2.45, 2.75) is 90.9 Å². The van der Waals surface area contributed by atoms with Crippen LogP contribution in [-0.4, -0.2) is 9.97 Å². The first kappa shape index (κ1) is 30.6. The molecule has 0 aliphatic heterocycles. The molecule has 3 heterocycles. The minimum Gasteiger partial charge on any atom is -0.261 e. The van der Waals surface area contributed by atoms with E-state index in [0.29, 0.717) is 0 Å². The van der Waals surface area contributed by atoms with Crippen molar-refractivity contribution in [2.75, 3.05) is 0 Å². The molecular weight excluding hydrogens is 688 g/mol. The fourth-order valence-electron chi connectivity index (χ4n) is 5.10. The molecule has 0 fully saturated rings. The molecule has 0 N–H and O–H groups in total. The van der Waals surface area contributed by atoms with Crippen LogP contribution in [0.25, 0.3) is 20.2 Å². The number of nitrogens with zero attached hydrogens (tertiary/aromatic N) is 2. The topological polar surface area (TPSA) is 25.8 Å². The van der Waals surface area contributed by atoms with E-state index < -0.39 is 0 Å². The molecule has 0 saturated heterocycles. The molecule has 5 aromatic rings. The number of hydrogen-bond donors (Lipinski definition) is 0. The Bertz CT molecular complexity index is 1560. The van der Waals surface area contributed by atoms with E-state index in [1.165, 1.54) is 20.5 Å². The van der Waals surface area contributed by atoms with Gasteiger partial charge in [0.1, 0.15) is 0 Å². The van der Waals surface area contributed by atoms with Crippen molar-refractivity contribution in [1.82, 2.24) is 9.97 Å². The van der Waals surface area contributed by atoms with Gasteiger partial charge in [-0.1, -0.05) is 69.2 Å². The summed E-state index contributed by atoms with van der Waals surface area (Å²) in [4.78, 5) is 9.61. The summed E-state index contributed by atoms with van der Waals surface area (Å²) >= 11 is 1.81. The monoisotopic (exact) mass is 727 g/mol. The average molecular weight is 728 g/mol. The second-order valence-electron chi connectivity index (χ2n) is 13.9. The summed E-state index contributed by atoms with van der Waals surface area (Å²) < 4.78 is 2.47. The van der Waals surface area contributed by atoms with E-state index in [1.54, 1.807) is 0 Å². The fourth-order valence-corrected chi connectivity index (χ4v) is 6.12. The van der Waals surface area contributed by atoms with Crippen LogP contribution in [0.5, 0.6) is 0 Å². The molecule has 4 heteroatoms. The minimum atomic E-state index is -0.280. The number of hydrogen-bond acceptors (Lipinski definition) is 3. The van der Waals surface area contributed by atoms with Gasteiger partial charge in [-0.15, -0.1) is 44.8 Å². The normalized spacial score (nSPS) is 13.1. The van der Waals surface area contributed by atoms with E-state index in [-0.39, 0.29) is 42.7 Å². The van der Waals surface area contributed by atoms with Crippen LogP contribution in [0.1, 0.15) is 103 Å². The number of benzene rings is 2. The fraction of sp³-hybridized carbons (Fsp3) is 0.389. The van der Waals surface area contributed by atoms with Crippen molar-refractivity contribution < 1.29 is 21.1 Å².